The normalized spacial score (nSPS) is 17.8. The Morgan fingerprint density at radius 3 is 2.54 bits per heavy atom. The number of rotatable bonds is 15. The van der Waals surface area contributed by atoms with Crippen LogP contribution in [0.2, 0.25) is 5.02 Å². The zero-order valence-electron chi connectivity index (χ0n) is 32.9. The Morgan fingerprint density at radius 2 is 1.78 bits per heavy atom. The molecule has 15 nitrogen and oxygen atoms in total. The quantitative estimate of drug-likeness (QED) is 0.0363. The van der Waals surface area contributed by atoms with Gasteiger partial charge in [-0.3, -0.25) is 4.79 Å². The third-order valence-electron chi connectivity index (χ3n) is 10.5. The van der Waals surface area contributed by atoms with Gasteiger partial charge >= 0.3 is 0 Å². The fourth-order valence-corrected chi connectivity index (χ4v) is 8.39. The summed E-state index contributed by atoms with van der Waals surface area (Å²) in [5.74, 6) is -0.429. The maximum atomic E-state index is 13.8. The number of aromatic nitrogens is 1. The van der Waals surface area contributed by atoms with Crippen LogP contribution in [0.25, 0.3) is 16.5 Å². The van der Waals surface area contributed by atoms with Gasteiger partial charge in [-0.25, -0.2) is 23.4 Å². The third-order valence-corrected chi connectivity index (χ3v) is 12.1. The summed E-state index contributed by atoms with van der Waals surface area (Å²) in [7, 11) is -1.57. The molecule has 7 rings (SSSR count). The van der Waals surface area contributed by atoms with E-state index in [0.29, 0.717) is 62.0 Å². The number of aromatic amines is 1. The minimum atomic E-state index is -4.54. The number of aliphatic hydroxyl groups is 1. The summed E-state index contributed by atoms with van der Waals surface area (Å²) in [6.45, 7) is 4.53. The molecule has 312 valence electrons. The summed E-state index contributed by atoms with van der Waals surface area (Å²) in [5.41, 5.74) is 8.05. The number of piperazine rings is 1. The number of quaternary nitrogens is 1. The molecule has 1 fully saturated rings. The second-order valence-corrected chi connectivity index (χ2v) is 17.1. The number of hydroxylamine groups is 2. The van der Waals surface area contributed by atoms with Crippen molar-refractivity contribution in [2.75, 3.05) is 70.7 Å². The van der Waals surface area contributed by atoms with Crippen molar-refractivity contribution >= 4 is 61.1 Å². The number of ether oxygens (including phenoxy) is 1. The molecule has 0 spiro atoms. The molecular formula is C42H49ClN8O7S. The highest BCUT2D eigenvalue weighted by molar-refractivity contribution is 7.90. The van der Waals surface area contributed by atoms with Crippen LogP contribution in [-0.4, -0.2) is 106 Å². The van der Waals surface area contributed by atoms with E-state index in [2.05, 4.69) is 30.7 Å². The second kappa shape index (κ2) is 18.1. The van der Waals surface area contributed by atoms with Crippen molar-refractivity contribution in [3.05, 3.63) is 118 Å². The minimum absolute atomic E-state index is 0.0517. The van der Waals surface area contributed by atoms with Crippen LogP contribution in [0.1, 0.15) is 35.2 Å². The molecule has 2 heterocycles. The van der Waals surface area contributed by atoms with E-state index in [4.69, 9.17) is 16.3 Å². The smallest absolute Gasteiger partial charge is 0.268 e. The molecule has 1 aliphatic carbocycles. The summed E-state index contributed by atoms with van der Waals surface area (Å²) in [5, 5.41) is 43.9. The first-order chi connectivity index (χ1) is 28.2. The van der Waals surface area contributed by atoms with Gasteiger partial charge in [-0.05, 0) is 98.1 Å². The zero-order chi connectivity index (χ0) is 41.7. The number of likely N-dealkylation sites (N-methyl/N-ethyl adjacent to an activating group) is 1. The number of H-pyrrole nitrogens is 1. The molecule has 1 amide bonds. The number of hydrogen-bond acceptors (Lipinski definition) is 12. The Labute approximate surface area is 348 Å². The molecule has 17 heteroatoms. The van der Waals surface area contributed by atoms with Crippen LogP contribution in [0.3, 0.4) is 0 Å². The fraction of sp³-hybridized carbons (Fsp3) is 0.310. The number of nitrogens with zero attached hydrogens (tertiary/aromatic N) is 3. The number of fused-ring (bicyclic) bond motifs is 1. The Balaban J connectivity index is 1.07. The Bertz CT molecular complexity index is 2430. The van der Waals surface area contributed by atoms with Crippen LogP contribution >= 0.6 is 11.6 Å². The van der Waals surface area contributed by atoms with Crippen LogP contribution in [0, 0.1) is 5.21 Å². The first-order valence-corrected chi connectivity index (χ1v) is 21.3. The first kappa shape index (κ1) is 42.1. The number of aliphatic hydroxyl groups excluding tert-OH is 1. The predicted molar refractivity (Wildman–Crippen MR) is 231 cm³/mol. The highest BCUT2D eigenvalue weighted by Gasteiger charge is 2.28. The molecule has 1 aliphatic heterocycles. The lowest BCUT2D eigenvalue weighted by atomic mass is 9.86. The molecule has 4 aromatic carbocycles. The van der Waals surface area contributed by atoms with Crippen molar-refractivity contribution in [2.24, 2.45) is 0 Å². The summed E-state index contributed by atoms with van der Waals surface area (Å²) in [6, 6.07) is 23.5. The lowest BCUT2D eigenvalue weighted by molar-refractivity contribution is -0.00423. The van der Waals surface area contributed by atoms with Gasteiger partial charge in [-0.15, -0.1) is 0 Å². The number of hydrogen-bond donors (Lipinski definition) is 7. The van der Waals surface area contributed by atoms with Gasteiger partial charge in [-0.2, -0.15) is 4.81 Å². The first-order valence-electron chi connectivity index (χ1n) is 19.4. The van der Waals surface area contributed by atoms with E-state index in [1.165, 1.54) is 23.8 Å². The Morgan fingerprint density at radius 1 is 1.00 bits per heavy atom. The molecular weight excluding hydrogens is 796 g/mol. The van der Waals surface area contributed by atoms with E-state index in [9.17, 15) is 28.7 Å². The Hall–Kier alpha value is -5.01. The lowest BCUT2D eigenvalue weighted by Gasteiger charge is -2.35. The van der Waals surface area contributed by atoms with Gasteiger partial charge < -0.3 is 41.0 Å². The van der Waals surface area contributed by atoms with Gasteiger partial charge in [-0.1, -0.05) is 29.3 Å². The standard InChI is InChI=1S/C42H49ClN8O7S/c1-49-19-21-50(22-20-49)47-39-14-10-35(26-40(39)51(2,54)55)59(56,57)48-42(53)37-11-7-32(25-41(37)58-34-9-13-38-29(24-34)15-16-46-38)45-18-17-44-27-30-23-33(52)8-12-36(30)28-3-5-31(43)6-4-28/h3-7,9-11,13-16,24-26,33,44-47,52,54H,8,12,17-23,27H2,1-2H3,(H,48,53). The van der Waals surface area contributed by atoms with Gasteiger partial charge in [0.1, 0.15) is 24.2 Å². The number of anilines is 2. The number of hydrazine groups is 1. The van der Waals surface area contributed by atoms with Gasteiger partial charge in [0.2, 0.25) is 0 Å². The number of amides is 1. The van der Waals surface area contributed by atoms with Gasteiger partial charge in [0.25, 0.3) is 15.9 Å². The molecule has 0 saturated carbocycles. The van der Waals surface area contributed by atoms with Crippen LogP contribution < -0.4 is 30.3 Å². The number of allylic oxidation sites excluding steroid dienone is 1. The maximum absolute atomic E-state index is 13.8. The van der Waals surface area contributed by atoms with E-state index in [1.807, 2.05) is 48.5 Å². The summed E-state index contributed by atoms with van der Waals surface area (Å²) in [4.78, 5) is 16.8. The topological polar surface area (TPSA) is 194 Å². The number of carbonyl (C=O) groups excluding carboxylic acids is 1. The van der Waals surface area contributed by atoms with E-state index in [1.54, 1.807) is 30.5 Å². The number of nitrogens with one attached hydrogen (secondary N) is 5. The van der Waals surface area contributed by atoms with E-state index in [-0.39, 0.29) is 33.7 Å². The SMILES string of the molecule is CN1CCN(Nc2ccc(S(=O)(=O)NC(=O)c3ccc(NCCNCC4=C(c5ccc(Cl)cc5)CCC(O)C4)cc3Oc3ccc4[nH]ccc4c3)cc2[N+](C)([O-])O)CC1. The molecule has 2 aliphatic rings. The molecule has 5 aromatic rings. The number of carbonyl (C=O) groups is 1. The van der Waals surface area contributed by atoms with Crippen molar-refractivity contribution in [1.29, 1.82) is 0 Å². The van der Waals surface area contributed by atoms with Crippen molar-refractivity contribution in [3.8, 4) is 11.5 Å². The summed E-state index contributed by atoms with van der Waals surface area (Å²) < 4.78 is 35.7. The molecule has 1 aromatic heterocycles. The van der Waals surface area contributed by atoms with E-state index < -0.39 is 20.7 Å². The van der Waals surface area contributed by atoms with Crippen molar-refractivity contribution in [1.82, 2.24) is 29.7 Å². The van der Waals surface area contributed by atoms with E-state index >= 15 is 0 Å². The Kier molecular flexibility index (Phi) is 12.9. The van der Waals surface area contributed by atoms with Gasteiger partial charge in [0.05, 0.1) is 16.6 Å². The van der Waals surface area contributed by atoms with Crippen LogP contribution in [0.15, 0.2) is 102 Å². The average Bonchev–Trinajstić information content (AvgIpc) is 3.67. The van der Waals surface area contributed by atoms with Gasteiger partial charge in [0, 0.05) is 85.8 Å². The monoisotopic (exact) mass is 844 g/mol. The highest BCUT2D eigenvalue weighted by Crippen LogP contribution is 2.35. The molecule has 59 heavy (non-hydrogen) atoms. The van der Waals surface area contributed by atoms with E-state index in [0.717, 1.165) is 54.7 Å². The molecule has 2 unspecified atom stereocenters. The lowest BCUT2D eigenvalue weighted by Crippen LogP contribution is -2.47. The third kappa shape index (κ3) is 10.6. The maximum Gasteiger partial charge on any atom is 0.268 e. The van der Waals surface area contributed by atoms with Crippen molar-refractivity contribution < 1.29 is 28.3 Å². The van der Waals surface area contributed by atoms with Crippen molar-refractivity contribution in [2.45, 2.75) is 30.3 Å². The molecule has 2 atom stereocenters. The average molecular weight is 845 g/mol. The zero-order valence-corrected chi connectivity index (χ0v) is 34.4. The number of benzene rings is 4. The largest absolute Gasteiger partial charge is 0.593 e. The minimum Gasteiger partial charge on any atom is -0.593 e. The number of halogens is 1. The summed E-state index contributed by atoms with van der Waals surface area (Å²) in [6.07, 6.45) is 3.49. The fourth-order valence-electron chi connectivity index (χ4n) is 7.28. The molecule has 7 N–H and O–H groups in total. The van der Waals surface area contributed by atoms with Crippen LogP contribution in [-0.2, 0) is 10.0 Å². The van der Waals surface area contributed by atoms with Crippen LogP contribution in [0.5, 0.6) is 11.5 Å². The molecule has 1 saturated heterocycles. The number of sulfonamides is 1. The second-order valence-electron chi connectivity index (χ2n) is 15.0. The highest BCUT2D eigenvalue weighted by atomic mass is 35.5. The van der Waals surface area contributed by atoms with Gasteiger partial charge in [0.15, 0.2) is 5.69 Å². The van der Waals surface area contributed by atoms with Crippen LogP contribution in [0.4, 0.5) is 17.1 Å². The molecule has 0 radical (unpaired) electrons. The molecule has 0 bridgehead atoms. The summed E-state index contributed by atoms with van der Waals surface area (Å²) >= 11 is 6.12. The van der Waals surface area contributed by atoms with Crippen molar-refractivity contribution in [3.63, 3.8) is 0 Å². The predicted octanol–water partition coefficient (Wildman–Crippen LogP) is 6.13.